The van der Waals surface area contributed by atoms with Gasteiger partial charge in [-0.2, -0.15) is 0 Å². The van der Waals surface area contributed by atoms with Crippen LogP contribution in [0.3, 0.4) is 0 Å². The van der Waals surface area contributed by atoms with Gasteiger partial charge in [0.25, 0.3) is 0 Å². The lowest BCUT2D eigenvalue weighted by Gasteiger charge is -2.33. The van der Waals surface area contributed by atoms with Crippen molar-refractivity contribution in [3.05, 3.63) is 35.4 Å². The fourth-order valence-electron chi connectivity index (χ4n) is 3.44. The minimum atomic E-state index is -1.01. The van der Waals surface area contributed by atoms with Crippen LogP contribution in [0.1, 0.15) is 44.2 Å². The van der Waals surface area contributed by atoms with Crippen LogP contribution < -0.4 is 10.6 Å². The Bertz CT molecular complexity index is 617. The second-order valence-electron chi connectivity index (χ2n) is 6.81. The monoisotopic (exact) mass is 403 g/mol. The van der Waals surface area contributed by atoms with E-state index < -0.39 is 23.6 Å². The van der Waals surface area contributed by atoms with Crippen molar-refractivity contribution >= 4 is 24.2 Å². The molecule has 2 N–H and O–H groups in total. The fraction of sp³-hybridized carbons (Fsp3) is 0.579. The molecule has 8 heteroatoms. The van der Waals surface area contributed by atoms with Crippen molar-refractivity contribution in [1.82, 2.24) is 15.5 Å². The minimum Gasteiger partial charge on any atom is -0.349 e. The number of likely N-dealkylation sites (tertiary alicyclic amines) is 1. The quantitative estimate of drug-likeness (QED) is 0.736. The highest BCUT2D eigenvalue weighted by molar-refractivity contribution is 5.85. The first-order chi connectivity index (χ1) is 12.4. The zero-order valence-corrected chi connectivity index (χ0v) is 16.6. The smallest absolute Gasteiger partial charge is 0.224 e. The van der Waals surface area contributed by atoms with Crippen LogP contribution in [0.5, 0.6) is 0 Å². The van der Waals surface area contributed by atoms with Gasteiger partial charge in [-0.25, -0.2) is 8.78 Å². The van der Waals surface area contributed by atoms with Crippen LogP contribution in [0.4, 0.5) is 8.78 Å². The number of nitrogens with zero attached hydrogens (tertiary/aromatic N) is 1. The van der Waals surface area contributed by atoms with Crippen molar-refractivity contribution < 1.29 is 18.4 Å². The molecule has 0 saturated carbocycles. The lowest BCUT2D eigenvalue weighted by Crippen LogP contribution is -2.41. The molecule has 1 heterocycles. The maximum atomic E-state index is 14.1. The maximum absolute atomic E-state index is 14.1. The third kappa shape index (κ3) is 6.74. The molecule has 27 heavy (non-hydrogen) atoms. The second-order valence-corrected chi connectivity index (χ2v) is 6.81. The van der Waals surface area contributed by atoms with Crippen molar-refractivity contribution in [2.24, 2.45) is 5.92 Å². The average molecular weight is 404 g/mol. The minimum absolute atomic E-state index is 0. The highest BCUT2D eigenvalue weighted by Crippen LogP contribution is 2.26. The van der Waals surface area contributed by atoms with Crippen molar-refractivity contribution in [1.29, 1.82) is 0 Å². The number of hydrogen-bond acceptors (Lipinski definition) is 3. The van der Waals surface area contributed by atoms with E-state index in [1.807, 2.05) is 7.05 Å². The largest absolute Gasteiger partial charge is 0.349 e. The standard InChI is InChI=1S/C19H27F2N3O2.ClH/c1-13(25)23-17(19-15(20)4-3-5-16(19)21)12-18(26)24-10-7-14(8-11-24)6-9-22-2;/h3-5,14,17,22H,6-12H2,1-2H3,(H,23,25);1H. The van der Waals surface area contributed by atoms with Crippen LogP contribution >= 0.6 is 12.4 Å². The van der Waals surface area contributed by atoms with E-state index in [0.717, 1.165) is 37.9 Å². The molecule has 0 aromatic heterocycles. The molecule has 0 radical (unpaired) electrons. The van der Waals surface area contributed by atoms with E-state index in [1.54, 1.807) is 4.90 Å². The number of rotatable bonds is 7. The first kappa shape index (κ1) is 23.3. The Morgan fingerprint density at radius 2 is 1.81 bits per heavy atom. The second kappa shape index (κ2) is 11.2. The summed E-state index contributed by atoms with van der Waals surface area (Å²) in [7, 11) is 1.92. The van der Waals surface area contributed by atoms with Gasteiger partial charge in [0.1, 0.15) is 11.6 Å². The van der Waals surface area contributed by atoms with E-state index in [0.29, 0.717) is 19.0 Å². The number of hydrogen-bond donors (Lipinski definition) is 2. The summed E-state index contributed by atoms with van der Waals surface area (Å²) in [6.07, 6.45) is 2.77. The summed E-state index contributed by atoms with van der Waals surface area (Å²) in [6, 6.07) is 2.51. The number of carbonyl (C=O) groups excluding carboxylic acids is 2. The Morgan fingerprint density at radius 1 is 1.22 bits per heavy atom. The molecular weight excluding hydrogens is 376 g/mol. The van der Waals surface area contributed by atoms with Crippen LogP contribution in [0.2, 0.25) is 0 Å². The zero-order chi connectivity index (χ0) is 19.1. The van der Waals surface area contributed by atoms with Crippen LogP contribution in [-0.2, 0) is 9.59 Å². The van der Waals surface area contributed by atoms with Gasteiger partial charge in [-0.1, -0.05) is 6.07 Å². The number of carbonyl (C=O) groups is 2. The van der Waals surface area contributed by atoms with Gasteiger partial charge < -0.3 is 15.5 Å². The summed E-state index contributed by atoms with van der Waals surface area (Å²) in [5.74, 6) is -1.57. The van der Waals surface area contributed by atoms with E-state index in [4.69, 9.17) is 0 Å². The third-order valence-corrected chi connectivity index (χ3v) is 4.87. The lowest BCUT2D eigenvalue weighted by atomic mass is 9.93. The molecule has 5 nitrogen and oxygen atoms in total. The van der Waals surface area contributed by atoms with Crippen molar-refractivity contribution in [3.8, 4) is 0 Å². The predicted molar refractivity (Wildman–Crippen MR) is 103 cm³/mol. The van der Waals surface area contributed by atoms with Gasteiger partial charge in [-0.15, -0.1) is 12.4 Å². The van der Waals surface area contributed by atoms with E-state index >= 15 is 0 Å². The van der Waals surface area contributed by atoms with Gasteiger partial charge in [0.15, 0.2) is 0 Å². The molecule has 2 rings (SSSR count). The molecule has 0 spiro atoms. The molecule has 1 aromatic rings. The highest BCUT2D eigenvalue weighted by atomic mass is 35.5. The van der Waals surface area contributed by atoms with Gasteiger partial charge >= 0.3 is 0 Å². The Labute approximate surface area is 165 Å². The molecule has 1 fully saturated rings. The maximum Gasteiger partial charge on any atom is 0.224 e. The number of nitrogens with one attached hydrogen (secondary N) is 2. The Balaban J connectivity index is 0.00000364. The molecule has 0 bridgehead atoms. The molecule has 152 valence electrons. The van der Waals surface area contributed by atoms with Crippen LogP contribution in [0, 0.1) is 17.6 Å². The summed E-state index contributed by atoms with van der Waals surface area (Å²) < 4.78 is 28.2. The summed E-state index contributed by atoms with van der Waals surface area (Å²) >= 11 is 0. The summed E-state index contributed by atoms with van der Waals surface area (Å²) in [4.78, 5) is 25.8. The topological polar surface area (TPSA) is 61.4 Å². The van der Waals surface area contributed by atoms with Crippen LogP contribution in [0.15, 0.2) is 18.2 Å². The van der Waals surface area contributed by atoms with E-state index in [-0.39, 0.29) is 30.3 Å². The number of benzene rings is 1. The molecular formula is C19H28ClF2N3O2. The van der Waals surface area contributed by atoms with E-state index in [2.05, 4.69) is 10.6 Å². The summed E-state index contributed by atoms with van der Waals surface area (Å²) in [6.45, 7) is 3.50. The molecule has 0 aliphatic carbocycles. The number of halogens is 3. The SMILES string of the molecule is CNCCC1CCN(C(=O)CC(NC(C)=O)c2c(F)cccc2F)CC1.Cl. The Morgan fingerprint density at radius 3 is 2.33 bits per heavy atom. The summed E-state index contributed by atoms with van der Waals surface area (Å²) in [5, 5.41) is 5.64. The number of amides is 2. The highest BCUT2D eigenvalue weighted by Gasteiger charge is 2.28. The van der Waals surface area contributed by atoms with Gasteiger partial charge in [-0.05, 0) is 50.9 Å². The molecule has 1 aromatic carbocycles. The van der Waals surface area contributed by atoms with Crippen LogP contribution in [0.25, 0.3) is 0 Å². The predicted octanol–water partition coefficient (Wildman–Crippen LogP) is 2.80. The molecule has 1 unspecified atom stereocenters. The molecule has 1 saturated heterocycles. The van der Waals surface area contributed by atoms with Gasteiger partial charge in [0.05, 0.1) is 12.5 Å². The fourth-order valence-corrected chi connectivity index (χ4v) is 3.44. The normalized spacial score (nSPS) is 15.8. The molecule has 1 aliphatic rings. The van der Waals surface area contributed by atoms with Crippen molar-refractivity contribution in [3.63, 3.8) is 0 Å². The lowest BCUT2D eigenvalue weighted by molar-refractivity contribution is -0.133. The Kier molecular flexibility index (Phi) is 9.66. The van der Waals surface area contributed by atoms with Gasteiger partial charge in [-0.3, -0.25) is 9.59 Å². The first-order valence-corrected chi connectivity index (χ1v) is 9.05. The van der Waals surface area contributed by atoms with Crippen molar-refractivity contribution in [2.75, 3.05) is 26.7 Å². The van der Waals surface area contributed by atoms with Gasteiger partial charge in [0, 0.05) is 25.6 Å². The molecule has 1 atom stereocenters. The summed E-state index contributed by atoms with van der Waals surface area (Å²) in [5.41, 5.74) is -0.264. The van der Waals surface area contributed by atoms with E-state index in [1.165, 1.54) is 13.0 Å². The first-order valence-electron chi connectivity index (χ1n) is 9.05. The van der Waals surface area contributed by atoms with Crippen molar-refractivity contribution in [2.45, 2.75) is 38.6 Å². The molecule has 1 aliphatic heterocycles. The van der Waals surface area contributed by atoms with E-state index in [9.17, 15) is 18.4 Å². The average Bonchev–Trinajstić information content (AvgIpc) is 2.59. The molecule has 2 amide bonds. The van der Waals surface area contributed by atoms with Crippen LogP contribution in [-0.4, -0.2) is 43.4 Å². The number of piperidine rings is 1. The van der Waals surface area contributed by atoms with Gasteiger partial charge in [0.2, 0.25) is 11.8 Å². The third-order valence-electron chi connectivity index (χ3n) is 4.87. The zero-order valence-electron chi connectivity index (χ0n) is 15.8. The Hall–Kier alpha value is -1.73.